The zero-order valence-electron chi connectivity index (χ0n) is 21.8. The van der Waals surface area contributed by atoms with Crippen LogP contribution in [0.5, 0.6) is 0 Å². The Morgan fingerprint density at radius 3 is 1.47 bits per heavy atom. The number of aryl methyl sites for hydroxylation is 4. The van der Waals surface area contributed by atoms with E-state index in [9.17, 15) is 0 Å². The molecule has 0 aromatic carbocycles. The second-order valence-corrected chi connectivity index (χ2v) is 9.68. The van der Waals surface area contributed by atoms with Crippen molar-refractivity contribution < 1.29 is 50.8 Å². The second kappa shape index (κ2) is 20.1. The van der Waals surface area contributed by atoms with Gasteiger partial charge in [0.2, 0.25) is 0 Å². The van der Waals surface area contributed by atoms with Gasteiger partial charge in [0.15, 0.2) is 23.8 Å². The third-order valence-corrected chi connectivity index (χ3v) is 7.62. The van der Waals surface area contributed by atoms with Gasteiger partial charge in [0, 0.05) is 48.9 Å². The minimum absolute atomic E-state index is 0. The maximum Gasteiger partial charge on any atom is 0.184 e. The highest BCUT2D eigenvalue weighted by molar-refractivity contribution is 5.20. The van der Waals surface area contributed by atoms with E-state index in [1.165, 1.54) is 81.9 Å². The van der Waals surface area contributed by atoms with Gasteiger partial charge >= 0.3 is 0 Å². The molecule has 1 saturated heterocycles. The summed E-state index contributed by atoms with van der Waals surface area (Å²) >= 11 is 0. The molecule has 5 rings (SSSR count). The summed E-state index contributed by atoms with van der Waals surface area (Å²) < 4.78 is 6.07. The van der Waals surface area contributed by atoms with Crippen LogP contribution >= 0.6 is 0 Å². The summed E-state index contributed by atoms with van der Waals surface area (Å²) in [7, 11) is 2.35. The molecule has 0 radical (unpaired) electrons. The van der Waals surface area contributed by atoms with Crippen molar-refractivity contribution in [3.05, 3.63) is 59.2 Å². The second-order valence-electron chi connectivity index (χ2n) is 9.68. The van der Waals surface area contributed by atoms with Crippen LogP contribution in [0, 0.1) is 0 Å². The van der Waals surface area contributed by atoms with Crippen molar-refractivity contribution in [1.29, 1.82) is 0 Å². The zero-order valence-corrected chi connectivity index (χ0v) is 24.1. The molecule has 2 aromatic rings. The van der Waals surface area contributed by atoms with E-state index >= 15 is 0 Å². The normalized spacial score (nSPS) is 15.7. The van der Waals surface area contributed by atoms with Gasteiger partial charge in [0.05, 0.1) is 26.7 Å². The summed E-state index contributed by atoms with van der Waals surface area (Å²) in [5.41, 5.74) is 6.28. The molecular weight excluding hydrogens is 509 g/mol. The van der Waals surface area contributed by atoms with E-state index in [0.29, 0.717) is 0 Å². The highest BCUT2D eigenvalue weighted by Gasteiger charge is 2.23. The fourth-order valence-corrected chi connectivity index (χ4v) is 5.39. The van der Waals surface area contributed by atoms with Crippen LogP contribution in [0.1, 0.15) is 90.2 Å². The molecule has 1 aliphatic heterocycles. The summed E-state index contributed by atoms with van der Waals surface area (Å²) in [5, 5.41) is 0. The Morgan fingerprint density at radius 1 is 0.639 bits per heavy atom. The first kappa shape index (κ1) is 39.6. The molecule has 0 saturated carbocycles. The van der Waals surface area contributed by atoms with E-state index in [-0.39, 0.29) is 52.1 Å². The first-order valence-corrected chi connectivity index (χ1v) is 12.9. The molecule has 36 heavy (non-hydrogen) atoms. The molecule has 0 bridgehead atoms. The van der Waals surface area contributed by atoms with Gasteiger partial charge in [-0.2, -0.15) is 0 Å². The number of likely N-dealkylation sites (tertiary alicyclic amines) is 1. The molecule has 3 heterocycles. The van der Waals surface area contributed by atoms with E-state index in [0.717, 1.165) is 13.1 Å². The lowest BCUT2D eigenvalue weighted by Crippen LogP contribution is -3.00. The Balaban J connectivity index is -0.000000431. The molecule has 6 heteroatoms. The molecule has 0 amide bonds. The van der Waals surface area contributed by atoms with E-state index < -0.39 is 0 Å². The van der Waals surface area contributed by atoms with Gasteiger partial charge in [0.1, 0.15) is 13.1 Å². The van der Waals surface area contributed by atoms with Crippen LogP contribution in [-0.4, -0.2) is 31.2 Å². The zero-order chi connectivity index (χ0) is 22.1. The maximum absolute atomic E-state index is 2.38. The maximum atomic E-state index is 2.38. The van der Waals surface area contributed by atoms with Crippen molar-refractivity contribution in [2.24, 2.45) is 0 Å². The number of halogens is 3. The number of nitrogens with zero attached hydrogens (tertiary/aromatic N) is 3. The highest BCUT2D eigenvalue weighted by atomic mass is 35.5. The molecule has 210 valence electrons. The molecule has 0 atom stereocenters. The summed E-state index contributed by atoms with van der Waals surface area (Å²) in [6.45, 7) is 13.1. The molecule has 3 nitrogen and oxygen atoms in total. The Hall–Kier alpha value is -0.870. The Bertz CT molecular complexity index is 822. The van der Waals surface area contributed by atoms with Crippen LogP contribution in [0.3, 0.4) is 0 Å². The fourth-order valence-electron chi connectivity index (χ4n) is 5.39. The summed E-state index contributed by atoms with van der Waals surface area (Å²) in [5.74, 6) is 0. The molecular formula is C30H54Cl3N3. The Labute approximate surface area is 242 Å². The minimum Gasteiger partial charge on any atom is -1.00 e. The summed E-state index contributed by atoms with van der Waals surface area (Å²) in [4.78, 5) is 0. The van der Waals surface area contributed by atoms with Crippen molar-refractivity contribution >= 4 is 0 Å². The molecule has 0 N–H and O–H groups in total. The third kappa shape index (κ3) is 10.9. The standard InChI is InChI=1S/C11H16N.C10H14N.C7H16N.2CH4.3ClH/c1-2-12-9-5-7-10-6-3-4-8-11(10)12;1-2-11-8-4-6-9-5-3-7-10(9)11;1-3-8(2)6-4-5-7-8;;;;;/h5,7,9H,2-4,6,8H2,1H3;4,6,8H,2-3,5,7H2,1H3;3-7H2,1-2H3;2*1H4;3*1H/q3*+1;;;;;/p-3. The first-order chi connectivity index (χ1) is 15.1. The number of hydrogen-bond donors (Lipinski definition) is 0. The molecule has 3 aliphatic rings. The van der Waals surface area contributed by atoms with Crippen LogP contribution in [0.4, 0.5) is 0 Å². The van der Waals surface area contributed by atoms with Crippen LogP contribution in [0.25, 0.3) is 0 Å². The van der Waals surface area contributed by atoms with Crippen LogP contribution in [0.2, 0.25) is 0 Å². The van der Waals surface area contributed by atoms with E-state index in [4.69, 9.17) is 0 Å². The van der Waals surface area contributed by atoms with Crippen molar-refractivity contribution in [3.8, 4) is 0 Å². The van der Waals surface area contributed by atoms with E-state index in [1.807, 2.05) is 0 Å². The first-order valence-electron chi connectivity index (χ1n) is 12.9. The number of quaternary nitrogens is 1. The lowest BCUT2D eigenvalue weighted by atomic mass is 9.96. The van der Waals surface area contributed by atoms with Gasteiger partial charge in [-0.05, 0) is 65.0 Å². The fraction of sp³-hybridized carbons (Fsp3) is 0.667. The molecule has 2 aliphatic carbocycles. The lowest BCUT2D eigenvalue weighted by molar-refractivity contribution is -0.895. The number of pyridine rings is 2. The average molecular weight is 563 g/mol. The number of rotatable bonds is 3. The van der Waals surface area contributed by atoms with Gasteiger partial charge in [-0.25, -0.2) is 9.13 Å². The number of fused-ring (bicyclic) bond motifs is 2. The molecule has 0 unspecified atom stereocenters. The van der Waals surface area contributed by atoms with Gasteiger partial charge in [-0.1, -0.05) is 14.9 Å². The quantitative estimate of drug-likeness (QED) is 0.276. The number of aromatic nitrogens is 2. The molecule has 0 spiro atoms. The van der Waals surface area contributed by atoms with Crippen molar-refractivity contribution in [2.75, 3.05) is 26.7 Å². The Kier molecular flexibility index (Phi) is 22.2. The van der Waals surface area contributed by atoms with Crippen molar-refractivity contribution in [2.45, 2.75) is 107 Å². The van der Waals surface area contributed by atoms with Crippen LogP contribution < -0.4 is 46.4 Å². The van der Waals surface area contributed by atoms with Gasteiger partial charge in [-0.15, -0.1) is 0 Å². The third-order valence-electron chi connectivity index (χ3n) is 7.62. The van der Waals surface area contributed by atoms with Crippen molar-refractivity contribution in [3.63, 3.8) is 0 Å². The SMILES string of the molecule is C.C.CC[N+]1(C)CCCC1.CC[n+]1cccc2c1CCC2.CC[n+]1cccc2c1CCCC2.[Cl-].[Cl-].[Cl-]. The number of hydrogen-bond acceptors (Lipinski definition) is 0. The largest absolute Gasteiger partial charge is 1.00 e. The summed E-state index contributed by atoms with van der Waals surface area (Å²) in [6.07, 6.45) is 16.5. The Morgan fingerprint density at radius 2 is 1.06 bits per heavy atom. The predicted octanol–water partition coefficient (Wildman–Crippen LogP) is -3.11. The van der Waals surface area contributed by atoms with Crippen LogP contribution in [0.15, 0.2) is 36.7 Å². The van der Waals surface area contributed by atoms with E-state index in [1.54, 1.807) is 22.5 Å². The van der Waals surface area contributed by atoms with Crippen molar-refractivity contribution in [1.82, 2.24) is 0 Å². The highest BCUT2D eigenvalue weighted by Crippen LogP contribution is 2.18. The smallest absolute Gasteiger partial charge is 0.184 e. The average Bonchev–Trinajstić information content (AvgIpc) is 3.49. The van der Waals surface area contributed by atoms with Crippen LogP contribution in [-0.2, 0) is 38.8 Å². The monoisotopic (exact) mass is 561 g/mol. The van der Waals surface area contributed by atoms with Gasteiger partial charge in [0.25, 0.3) is 0 Å². The summed E-state index contributed by atoms with van der Waals surface area (Å²) in [6, 6.07) is 8.87. The predicted molar refractivity (Wildman–Crippen MR) is 142 cm³/mol. The lowest BCUT2D eigenvalue weighted by Gasteiger charge is -2.26. The van der Waals surface area contributed by atoms with Gasteiger partial charge < -0.3 is 41.7 Å². The minimum atomic E-state index is 0. The molecule has 1 fully saturated rings. The topological polar surface area (TPSA) is 7.76 Å². The molecule has 2 aromatic heterocycles. The van der Waals surface area contributed by atoms with E-state index in [2.05, 4.69) is 73.6 Å². The van der Waals surface area contributed by atoms with Gasteiger partial charge in [-0.3, -0.25) is 0 Å².